The van der Waals surface area contributed by atoms with E-state index in [1.165, 1.54) is 0 Å². The molecule has 0 N–H and O–H groups in total. The van der Waals surface area contributed by atoms with Crippen LogP contribution in [-0.4, -0.2) is 41.4 Å². The minimum atomic E-state index is -1.39. The zero-order valence-electron chi connectivity index (χ0n) is 16.3. The van der Waals surface area contributed by atoms with E-state index in [1.807, 2.05) is 0 Å². The molecule has 0 amide bonds. The molecule has 1 aliphatic rings. The SMILES string of the molecule is C[Si](C)(C)N=P1(N([Si](C)(C)C)[Si](C)(C)C)SC1[Si](C)(C)C. The average molecular weight is 397 g/mol. The molecule has 2 nitrogen and oxygen atoms in total. The third-order valence-electron chi connectivity index (χ3n) is 3.26. The molecule has 0 bridgehead atoms. The van der Waals surface area contributed by atoms with Gasteiger partial charge in [0.15, 0.2) is 8.24 Å². The quantitative estimate of drug-likeness (QED) is 0.289. The van der Waals surface area contributed by atoms with Gasteiger partial charge in [-0.25, -0.2) is 0 Å². The highest BCUT2D eigenvalue weighted by Crippen LogP contribution is 2.91. The summed E-state index contributed by atoms with van der Waals surface area (Å²) in [5.41, 5.74) is 0. The zero-order chi connectivity index (χ0) is 17.1. The van der Waals surface area contributed by atoms with Crippen molar-refractivity contribution >= 4 is 50.6 Å². The Kier molecular flexibility index (Phi) is 5.59. The Morgan fingerprint density at radius 3 is 1.33 bits per heavy atom. The van der Waals surface area contributed by atoms with Gasteiger partial charge in [0.25, 0.3) is 0 Å². The topological polar surface area (TPSA) is 15.6 Å². The van der Waals surface area contributed by atoms with Crippen molar-refractivity contribution < 1.29 is 0 Å². The van der Waals surface area contributed by atoms with Crippen LogP contribution in [0.5, 0.6) is 0 Å². The minimum Gasteiger partial charge on any atom is -0.316 e. The molecule has 2 unspecified atom stereocenters. The fourth-order valence-corrected chi connectivity index (χ4v) is 49.5. The number of hydrogen-bond donors (Lipinski definition) is 0. The first-order valence-corrected chi connectivity index (χ1v) is 25.2. The van der Waals surface area contributed by atoms with Crippen LogP contribution in [-0.2, 0) is 0 Å². The van der Waals surface area contributed by atoms with Gasteiger partial charge < -0.3 is 8.41 Å². The van der Waals surface area contributed by atoms with E-state index in [0.717, 1.165) is 4.61 Å². The Hall–Kier alpha value is 1.41. The van der Waals surface area contributed by atoms with Crippen LogP contribution < -0.4 is 0 Å². The molecular formula is C13H37N2PSSi4. The number of rotatable bonds is 5. The molecule has 0 saturated carbocycles. The fraction of sp³-hybridized carbons (Fsp3) is 1.00. The van der Waals surface area contributed by atoms with E-state index < -0.39 is 39.2 Å². The maximum atomic E-state index is 5.68. The van der Waals surface area contributed by atoms with Gasteiger partial charge in [-0.3, -0.25) is 0 Å². The van der Waals surface area contributed by atoms with Crippen molar-refractivity contribution in [1.82, 2.24) is 4.00 Å². The van der Waals surface area contributed by atoms with E-state index in [1.54, 1.807) is 0 Å². The Balaban J connectivity index is 3.51. The van der Waals surface area contributed by atoms with Crippen LogP contribution in [0.25, 0.3) is 0 Å². The van der Waals surface area contributed by atoms with Crippen LogP contribution in [0.1, 0.15) is 0 Å². The molecule has 1 aliphatic heterocycles. The lowest BCUT2D eigenvalue weighted by atomic mass is 11.7. The van der Waals surface area contributed by atoms with Crippen molar-refractivity contribution in [3.05, 3.63) is 0 Å². The van der Waals surface area contributed by atoms with E-state index in [-0.39, 0.29) is 0 Å². The summed E-state index contributed by atoms with van der Waals surface area (Å²) in [4.78, 5) is 0. The maximum absolute atomic E-state index is 5.68. The molecule has 126 valence electrons. The molecule has 0 radical (unpaired) electrons. The Bertz CT molecular complexity index is 441. The van der Waals surface area contributed by atoms with Crippen molar-refractivity contribution in [1.29, 1.82) is 0 Å². The molecule has 0 aliphatic carbocycles. The molecule has 1 saturated heterocycles. The molecule has 0 spiro atoms. The van der Waals surface area contributed by atoms with Gasteiger partial charge in [0.1, 0.15) is 16.5 Å². The van der Waals surface area contributed by atoms with E-state index in [0.29, 0.717) is 0 Å². The monoisotopic (exact) mass is 396 g/mol. The molecule has 1 fully saturated rings. The van der Waals surface area contributed by atoms with Crippen molar-refractivity contribution in [2.45, 2.75) is 83.2 Å². The van der Waals surface area contributed by atoms with Crippen LogP contribution in [0.2, 0.25) is 78.6 Å². The van der Waals surface area contributed by atoms with Gasteiger partial charge in [-0.15, -0.1) is 0 Å². The lowest BCUT2D eigenvalue weighted by Gasteiger charge is -2.46. The van der Waals surface area contributed by atoms with Gasteiger partial charge in [-0.1, -0.05) is 89.9 Å². The molecule has 8 heteroatoms. The standard InChI is InChI=1S/C13H37N2PSSi4/c1-18(2,3)13-16(17-13,14-19(4,5)6)15(20(7,8)9)21(10,11)12/h13H,1-12H3. The van der Waals surface area contributed by atoms with Gasteiger partial charge in [0.2, 0.25) is 0 Å². The van der Waals surface area contributed by atoms with E-state index in [2.05, 4.69) is 93.9 Å². The summed E-state index contributed by atoms with van der Waals surface area (Å²) in [6, 6.07) is 0. The first kappa shape index (κ1) is 20.5. The van der Waals surface area contributed by atoms with Crippen LogP contribution >= 0.6 is 17.8 Å². The van der Waals surface area contributed by atoms with Gasteiger partial charge in [-0.05, 0) is 0 Å². The summed E-state index contributed by atoms with van der Waals surface area (Å²) in [6.07, 6.45) is -1.28. The van der Waals surface area contributed by atoms with Crippen LogP contribution in [0.4, 0.5) is 0 Å². The van der Waals surface area contributed by atoms with E-state index in [9.17, 15) is 0 Å². The summed E-state index contributed by atoms with van der Waals surface area (Å²) in [5, 5.41) is 0. The molecule has 0 aromatic rings. The van der Waals surface area contributed by atoms with Gasteiger partial charge in [0, 0.05) is 0 Å². The second kappa shape index (κ2) is 5.74. The predicted molar refractivity (Wildman–Crippen MR) is 116 cm³/mol. The molecular weight excluding hydrogens is 360 g/mol. The van der Waals surface area contributed by atoms with Crippen molar-refractivity contribution in [3.8, 4) is 0 Å². The van der Waals surface area contributed by atoms with Crippen LogP contribution in [0.15, 0.2) is 4.41 Å². The Morgan fingerprint density at radius 1 is 0.762 bits per heavy atom. The second-order valence-electron chi connectivity index (χ2n) is 10.3. The average Bonchev–Trinajstić information content (AvgIpc) is 2.67. The highest BCUT2D eigenvalue weighted by atomic mass is 32.8. The number of hydrogen-bond acceptors (Lipinski definition) is 2. The molecule has 21 heavy (non-hydrogen) atoms. The van der Waals surface area contributed by atoms with Crippen molar-refractivity contribution in [2.24, 2.45) is 4.41 Å². The summed E-state index contributed by atoms with van der Waals surface area (Å²) in [6.45, 7) is 30.3. The summed E-state index contributed by atoms with van der Waals surface area (Å²) in [7, 11) is -5.21. The third-order valence-corrected chi connectivity index (χ3v) is 33.4. The van der Waals surface area contributed by atoms with E-state index >= 15 is 0 Å². The molecule has 2 atom stereocenters. The largest absolute Gasteiger partial charge is 0.316 e. The second-order valence-corrected chi connectivity index (χ2v) is 37.8. The fourth-order valence-electron chi connectivity index (χ4n) is 3.35. The van der Waals surface area contributed by atoms with Crippen molar-refractivity contribution in [2.75, 3.05) is 0 Å². The first-order chi connectivity index (χ1) is 8.91. The third kappa shape index (κ3) is 4.94. The maximum Gasteiger partial charge on any atom is 0.173 e. The lowest BCUT2D eigenvalue weighted by molar-refractivity contribution is 0.975. The summed E-state index contributed by atoms with van der Waals surface area (Å²) < 4.78 is 9.67. The van der Waals surface area contributed by atoms with E-state index in [4.69, 9.17) is 4.41 Å². The normalized spacial score (nSPS) is 28.0. The minimum absolute atomic E-state index is 0.898. The Morgan fingerprint density at radius 2 is 1.14 bits per heavy atom. The van der Waals surface area contributed by atoms with Gasteiger partial charge >= 0.3 is 0 Å². The molecule has 0 aromatic carbocycles. The Labute approximate surface area is 142 Å². The first-order valence-electron chi connectivity index (χ1n) is 8.04. The molecule has 0 aromatic heterocycles. The lowest BCUT2D eigenvalue weighted by Crippen LogP contribution is -2.56. The van der Waals surface area contributed by atoms with Crippen LogP contribution in [0, 0.1) is 0 Å². The highest BCUT2D eigenvalue weighted by Gasteiger charge is 2.63. The smallest absolute Gasteiger partial charge is 0.173 e. The molecule has 1 heterocycles. The van der Waals surface area contributed by atoms with Gasteiger partial charge in [0.05, 0.1) is 19.1 Å². The van der Waals surface area contributed by atoms with Crippen molar-refractivity contribution in [3.63, 3.8) is 0 Å². The molecule has 1 rings (SSSR count). The zero-order valence-corrected chi connectivity index (χ0v) is 22.0. The summed E-state index contributed by atoms with van der Waals surface area (Å²) >= 11 is 2.32. The van der Waals surface area contributed by atoms with Crippen LogP contribution in [0.3, 0.4) is 0 Å². The summed E-state index contributed by atoms with van der Waals surface area (Å²) in [5.74, 6) is 0. The van der Waals surface area contributed by atoms with Gasteiger partial charge in [-0.2, -0.15) is 0 Å². The predicted octanol–water partition coefficient (Wildman–Crippen LogP) is 6.77. The number of nitrogens with zero attached hydrogens (tertiary/aromatic N) is 2. The highest BCUT2D eigenvalue weighted by molar-refractivity contribution is 8.76.